The number of nitrogen functional groups attached to an aromatic ring is 2. The Morgan fingerprint density at radius 3 is 1.56 bits per heavy atom. The molecule has 0 saturated carbocycles. The molecule has 4 aromatic carbocycles. The van der Waals surface area contributed by atoms with Crippen LogP contribution in [0, 0.1) is 0 Å². The van der Waals surface area contributed by atoms with Crippen molar-refractivity contribution in [3.8, 4) is 39.9 Å². The molecular formula is C38H23BBrCl4F4N6O8. The Labute approximate surface area is 376 Å². The summed E-state index contributed by atoms with van der Waals surface area (Å²) in [4.78, 5) is 32.4. The number of alkyl halides is 4. The number of halogens is 9. The predicted octanol–water partition coefficient (Wildman–Crippen LogP) is 10.1. The van der Waals surface area contributed by atoms with Crippen LogP contribution in [0.3, 0.4) is 0 Å². The molecule has 6 aromatic rings. The molecule has 8 rings (SSSR count). The van der Waals surface area contributed by atoms with Crippen molar-refractivity contribution in [3.63, 3.8) is 0 Å². The summed E-state index contributed by atoms with van der Waals surface area (Å²) in [6.45, 7) is 0. The lowest BCUT2D eigenvalue weighted by Gasteiger charge is -2.11. The standard InChI is InChI=1S/C19H11Cl2F2N3O3.C12H10BClN3O3.C7H2BrClF2O2/c20-12-4-2-1-3-10(12)18(27)26-16-6-5-9(17(24)25-16)11-7-14-15(8-13(11)21)29-19(22,23)28-14;14-8-4-2-1-3-7(8)12(18)17-10-6-5-9(20-13-19)11(15)16-10;8-3-1-5-6(2-4(3)9)13-7(10,11)12-5/h1-8H,(H3,24,25,26,27);1-6,19H,(H3,15,16,17,18);1-2H. The van der Waals surface area contributed by atoms with Gasteiger partial charge in [-0.05, 0) is 70.5 Å². The number of benzene rings is 4. The Bertz CT molecular complexity index is 2660. The first-order valence-electron chi connectivity index (χ1n) is 16.9. The Balaban J connectivity index is 0.000000168. The number of amides is 2. The topological polar surface area (TPSA) is 202 Å². The second kappa shape index (κ2) is 19.0. The van der Waals surface area contributed by atoms with Gasteiger partial charge >= 0.3 is 20.3 Å². The lowest BCUT2D eigenvalue weighted by Crippen LogP contribution is -2.25. The fraction of sp³-hybridized carbons (Fsp3) is 0.0526. The summed E-state index contributed by atoms with van der Waals surface area (Å²) in [5, 5.41) is 14.7. The van der Waals surface area contributed by atoms with Crippen molar-refractivity contribution in [2.75, 3.05) is 22.1 Å². The third-order valence-electron chi connectivity index (χ3n) is 7.94. The van der Waals surface area contributed by atoms with Crippen LogP contribution < -0.4 is 45.7 Å². The number of aromatic nitrogens is 2. The largest absolute Gasteiger partial charge is 0.586 e. The van der Waals surface area contributed by atoms with Crippen LogP contribution >= 0.6 is 62.3 Å². The third kappa shape index (κ3) is 11.1. The molecule has 2 aliphatic heterocycles. The first-order chi connectivity index (χ1) is 29.3. The molecule has 2 aliphatic rings. The van der Waals surface area contributed by atoms with Crippen LogP contribution in [0.2, 0.25) is 20.1 Å². The van der Waals surface area contributed by atoms with Gasteiger partial charge in [-0.15, -0.1) is 17.6 Å². The fourth-order valence-electron chi connectivity index (χ4n) is 5.24. The number of pyridine rings is 2. The minimum absolute atomic E-state index is 0.0227. The minimum atomic E-state index is -3.76. The van der Waals surface area contributed by atoms with Crippen molar-refractivity contribution in [2.45, 2.75) is 12.6 Å². The highest BCUT2D eigenvalue weighted by molar-refractivity contribution is 9.10. The number of ether oxygens (including phenoxy) is 4. The number of fused-ring (bicyclic) bond motifs is 2. The summed E-state index contributed by atoms with van der Waals surface area (Å²) < 4.78 is 73.9. The highest BCUT2D eigenvalue weighted by atomic mass is 79.9. The first kappa shape index (κ1) is 45.6. The van der Waals surface area contributed by atoms with E-state index >= 15 is 0 Å². The van der Waals surface area contributed by atoms with Crippen LogP contribution in [0.15, 0.2) is 102 Å². The van der Waals surface area contributed by atoms with Crippen LogP contribution in [-0.2, 0) is 0 Å². The molecule has 319 valence electrons. The van der Waals surface area contributed by atoms with Gasteiger partial charge in [0, 0.05) is 33.8 Å². The number of anilines is 4. The summed E-state index contributed by atoms with van der Waals surface area (Å²) in [5.41, 5.74) is 12.9. The quantitative estimate of drug-likeness (QED) is 0.0750. The number of hydrogen-bond donors (Lipinski definition) is 5. The summed E-state index contributed by atoms with van der Waals surface area (Å²) in [7, 11) is 0.495. The zero-order valence-electron chi connectivity index (χ0n) is 30.6. The number of rotatable bonds is 7. The molecule has 24 heteroatoms. The third-order valence-corrected chi connectivity index (χ3v) is 10.1. The van der Waals surface area contributed by atoms with Crippen molar-refractivity contribution in [1.29, 1.82) is 0 Å². The molecule has 4 heterocycles. The van der Waals surface area contributed by atoms with Gasteiger partial charge in [-0.1, -0.05) is 70.7 Å². The average Bonchev–Trinajstić information content (AvgIpc) is 3.67. The normalized spacial score (nSPS) is 13.4. The lowest BCUT2D eigenvalue weighted by molar-refractivity contribution is -0.287. The van der Waals surface area contributed by atoms with E-state index in [1.165, 1.54) is 42.5 Å². The molecule has 0 spiro atoms. The van der Waals surface area contributed by atoms with Gasteiger partial charge in [0.25, 0.3) is 11.8 Å². The van der Waals surface area contributed by atoms with Gasteiger partial charge in [-0.3, -0.25) is 9.59 Å². The highest BCUT2D eigenvalue weighted by Gasteiger charge is 2.44. The van der Waals surface area contributed by atoms with Crippen LogP contribution in [0.1, 0.15) is 20.7 Å². The summed E-state index contributed by atoms with van der Waals surface area (Å²) in [6.07, 6.45) is -7.35. The molecule has 1 radical (unpaired) electrons. The van der Waals surface area contributed by atoms with Gasteiger partial charge < -0.3 is 50.7 Å². The number of hydrogen-bond acceptors (Lipinski definition) is 12. The minimum Gasteiger partial charge on any atom is -0.535 e. The van der Waals surface area contributed by atoms with Crippen molar-refractivity contribution >= 4 is 105 Å². The van der Waals surface area contributed by atoms with Gasteiger partial charge in [0.05, 0.1) is 31.2 Å². The Kier molecular flexibility index (Phi) is 14.0. The van der Waals surface area contributed by atoms with Crippen LogP contribution in [0.25, 0.3) is 11.1 Å². The maximum atomic E-state index is 13.3. The predicted molar refractivity (Wildman–Crippen MR) is 227 cm³/mol. The van der Waals surface area contributed by atoms with Gasteiger partial charge in [0.2, 0.25) is 0 Å². The summed E-state index contributed by atoms with van der Waals surface area (Å²) in [6, 6.07) is 24.3. The highest BCUT2D eigenvalue weighted by Crippen LogP contribution is 2.47. The molecule has 2 aromatic heterocycles. The Hall–Kier alpha value is -5.90. The van der Waals surface area contributed by atoms with Crippen molar-refractivity contribution in [3.05, 3.63) is 133 Å². The molecule has 2 amide bonds. The zero-order valence-corrected chi connectivity index (χ0v) is 35.2. The summed E-state index contributed by atoms with van der Waals surface area (Å²) >= 11 is 26.8. The van der Waals surface area contributed by atoms with Crippen molar-refractivity contribution in [2.24, 2.45) is 0 Å². The molecule has 0 fully saturated rings. The smallest absolute Gasteiger partial charge is 0.535 e. The molecule has 0 aliphatic carbocycles. The molecule has 7 N–H and O–H groups in total. The van der Waals surface area contributed by atoms with E-state index in [-0.39, 0.29) is 62.6 Å². The Morgan fingerprint density at radius 2 is 1.08 bits per heavy atom. The molecule has 0 unspecified atom stereocenters. The lowest BCUT2D eigenvalue weighted by atomic mass is 10.1. The molecule has 62 heavy (non-hydrogen) atoms. The van der Waals surface area contributed by atoms with Gasteiger partial charge in [0.15, 0.2) is 28.8 Å². The number of nitrogens with two attached hydrogens (primary N) is 2. The second-order valence-electron chi connectivity index (χ2n) is 12.1. The number of carbonyl (C=O) groups excluding carboxylic acids is 2. The van der Waals surface area contributed by atoms with E-state index in [0.717, 1.165) is 0 Å². The van der Waals surface area contributed by atoms with E-state index in [0.29, 0.717) is 43.9 Å². The molecule has 0 atom stereocenters. The molecule has 0 saturated heterocycles. The van der Waals surface area contributed by atoms with Crippen molar-refractivity contribution < 1.29 is 55.8 Å². The second-order valence-corrected chi connectivity index (χ2v) is 14.6. The first-order valence-corrected chi connectivity index (χ1v) is 19.3. The van der Waals surface area contributed by atoms with Gasteiger partial charge in [-0.25, -0.2) is 9.97 Å². The fourth-order valence-corrected chi connectivity index (χ4v) is 6.42. The molecule has 14 nitrogen and oxygen atoms in total. The van der Waals surface area contributed by atoms with E-state index in [1.807, 2.05) is 0 Å². The van der Waals surface area contributed by atoms with E-state index in [2.05, 4.69) is 55.5 Å². The zero-order chi connectivity index (χ0) is 44.9. The van der Waals surface area contributed by atoms with Crippen LogP contribution in [0.5, 0.6) is 28.7 Å². The Morgan fingerprint density at radius 1 is 0.629 bits per heavy atom. The molecular weight excluding hydrogens is 977 g/mol. The van der Waals surface area contributed by atoms with Crippen LogP contribution in [0.4, 0.5) is 40.8 Å². The summed E-state index contributed by atoms with van der Waals surface area (Å²) in [5.74, 6) is -0.631. The number of carbonyl (C=O) groups is 2. The average molecular weight is 1000 g/mol. The van der Waals surface area contributed by atoms with E-state index in [4.69, 9.17) is 67.5 Å². The maximum absolute atomic E-state index is 13.3. The van der Waals surface area contributed by atoms with E-state index < -0.39 is 24.4 Å². The maximum Gasteiger partial charge on any atom is 0.586 e. The van der Waals surface area contributed by atoms with Crippen LogP contribution in [-0.4, -0.2) is 47.1 Å². The van der Waals surface area contributed by atoms with E-state index in [1.54, 1.807) is 54.6 Å². The monoisotopic (exact) mass is 997 g/mol. The van der Waals surface area contributed by atoms with E-state index in [9.17, 15) is 27.2 Å². The van der Waals surface area contributed by atoms with Crippen molar-refractivity contribution in [1.82, 2.24) is 9.97 Å². The number of nitrogens with zero attached hydrogens (tertiary/aromatic N) is 2. The SMILES string of the molecule is FC1(F)Oc2cc(Cl)c(Br)cc2O1.Nc1nc(NC(=O)c2ccccc2Cl)ccc1-c1cc2c(cc1Cl)OC(F)(F)O2.Nc1nc(NC(=O)c2ccccc2Cl)ccc1O[B]O. The molecule has 0 bridgehead atoms. The number of nitrogens with one attached hydrogen (secondary N) is 2. The van der Waals surface area contributed by atoms with Gasteiger partial charge in [0.1, 0.15) is 23.2 Å². The van der Waals surface area contributed by atoms with Gasteiger partial charge in [-0.2, -0.15) is 0 Å².